The van der Waals surface area contributed by atoms with Crippen LogP contribution in [0.2, 0.25) is 0 Å². The molecule has 3 aromatic rings. The zero-order valence-corrected chi connectivity index (χ0v) is 10.7. The fraction of sp³-hybridized carbons (Fsp3) is 0.133. The lowest BCUT2D eigenvalue weighted by Gasteiger charge is -2.10. The number of hydrogen-bond donors (Lipinski definition) is 1. The highest BCUT2D eigenvalue weighted by atomic mass is 15.0. The number of nitrogens with one attached hydrogen (secondary N) is 1. The Bertz CT molecular complexity index is 704. The first-order valence-electron chi connectivity index (χ1n) is 6.29. The van der Waals surface area contributed by atoms with Crippen LogP contribution in [0.4, 0.5) is 5.82 Å². The van der Waals surface area contributed by atoms with Gasteiger partial charge in [0, 0.05) is 36.1 Å². The van der Waals surface area contributed by atoms with E-state index in [0.717, 1.165) is 34.5 Å². The average Bonchev–Trinajstić information content (AvgIpc) is 2.48. The molecule has 0 fully saturated rings. The summed E-state index contributed by atoms with van der Waals surface area (Å²) < 4.78 is 0. The second-order valence-corrected chi connectivity index (χ2v) is 4.16. The van der Waals surface area contributed by atoms with E-state index in [-0.39, 0.29) is 0 Å². The molecule has 2 heterocycles. The Morgan fingerprint density at radius 1 is 0.947 bits per heavy atom. The van der Waals surface area contributed by atoms with Gasteiger partial charge in [0.15, 0.2) is 5.82 Å². The van der Waals surface area contributed by atoms with Gasteiger partial charge in [-0.15, -0.1) is 0 Å². The Kier molecular flexibility index (Phi) is 3.06. The number of rotatable bonds is 3. The van der Waals surface area contributed by atoms with Crippen LogP contribution < -0.4 is 5.32 Å². The van der Waals surface area contributed by atoms with Gasteiger partial charge in [0.2, 0.25) is 0 Å². The molecule has 0 saturated heterocycles. The molecule has 1 aromatic carbocycles. The van der Waals surface area contributed by atoms with Gasteiger partial charge in [-0.05, 0) is 19.1 Å². The third kappa shape index (κ3) is 2.12. The lowest BCUT2D eigenvalue weighted by molar-refractivity contribution is 1.13. The highest BCUT2D eigenvalue weighted by Gasteiger charge is 2.10. The molecule has 0 aliphatic rings. The normalized spacial score (nSPS) is 10.6. The van der Waals surface area contributed by atoms with Crippen LogP contribution in [-0.4, -0.2) is 21.5 Å². The summed E-state index contributed by atoms with van der Waals surface area (Å²) in [5.74, 6) is 0.807. The Labute approximate surface area is 111 Å². The SMILES string of the molecule is CCNc1nccnc1-c1cccc2ncccc12. The summed E-state index contributed by atoms with van der Waals surface area (Å²) >= 11 is 0. The van der Waals surface area contributed by atoms with Crippen LogP contribution >= 0.6 is 0 Å². The first kappa shape index (κ1) is 11.6. The topological polar surface area (TPSA) is 50.7 Å². The van der Waals surface area contributed by atoms with E-state index in [4.69, 9.17) is 0 Å². The quantitative estimate of drug-likeness (QED) is 0.776. The minimum Gasteiger partial charge on any atom is -0.369 e. The van der Waals surface area contributed by atoms with E-state index in [1.54, 1.807) is 18.6 Å². The largest absolute Gasteiger partial charge is 0.369 e. The van der Waals surface area contributed by atoms with E-state index in [9.17, 15) is 0 Å². The summed E-state index contributed by atoms with van der Waals surface area (Å²) in [7, 11) is 0. The van der Waals surface area contributed by atoms with Crippen LogP contribution in [0.5, 0.6) is 0 Å². The molecular formula is C15H14N4. The fourth-order valence-electron chi connectivity index (χ4n) is 2.14. The second-order valence-electron chi connectivity index (χ2n) is 4.16. The third-order valence-corrected chi connectivity index (χ3v) is 2.94. The maximum absolute atomic E-state index is 4.46. The van der Waals surface area contributed by atoms with Gasteiger partial charge in [-0.25, -0.2) is 4.98 Å². The number of benzene rings is 1. The van der Waals surface area contributed by atoms with Gasteiger partial charge in [-0.2, -0.15) is 0 Å². The number of pyridine rings is 1. The zero-order chi connectivity index (χ0) is 13.1. The molecule has 0 saturated carbocycles. The summed E-state index contributed by atoms with van der Waals surface area (Å²) in [6.45, 7) is 2.86. The van der Waals surface area contributed by atoms with Gasteiger partial charge in [-0.1, -0.05) is 18.2 Å². The molecule has 19 heavy (non-hydrogen) atoms. The van der Waals surface area contributed by atoms with E-state index in [2.05, 4.69) is 32.4 Å². The van der Waals surface area contributed by atoms with Crippen LogP contribution in [0.25, 0.3) is 22.2 Å². The van der Waals surface area contributed by atoms with Gasteiger partial charge in [0.25, 0.3) is 0 Å². The molecule has 0 aliphatic heterocycles. The maximum Gasteiger partial charge on any atom is 0.152 e. The van der Waals surface area contributed by atoms with Crippen molar-refractivity contribution in [2.45, 2.75) is 6.92 Å². The Morgan fingerprint density at radius 3 is 2.74 bits per heavy atom. The minimum atomic E-state index is 0.807. The summed E-state index contributed by atoms with van der Waals surface area (Å²) in [6, 6.07) is 10.0. The van der Waals surface area contributed by atoms with E-state index in [1.165, 1.54) is 0 Å². The number of fused-ring (bicyclic) bond motifs is 1. The molecule has 4 nitrogen and oxygen atoms in total. The van der Waals surface area contributed by atoms with Crippen molar-refractivity contribution < 1.29 is 0 Å². The van der Waals surface area contributed by atoms with Crippen LogP contribution in [0, 0.1) is 0 Å². The molecule has 0 atom stereocenters. The van der Waals surface area contributed by atoms with Crippen LogP contribution in [0.3, 0.4) is 0 Å². The van der Waals surface area contributed by atoms with Gasteiger partial charge >= 0.3 is 0 Å². The van der Waals surface area contributed by atoms with Crippen LogP contribution in [-0.2, 0) is 0 Å². The van der Waals surface area contributed by atoms with Crippen molar-refractivity contribution in [3.8, 4) is 11.3 Å². The molecule has 2 aromatic heterocycles. The van der Waals surface area contributed by atoms with Crippen molar-refractivity contribution in [1.82, 2.24) is 15.0 Å². The first-order valence-corrected chi connectivity index (χ1v) is 6.29. The lowest BCUT2D eigenvalue weighted by Crippen LogP contribution is -2.02. The summed E-state index contributed by atoms with van der Waals surface area (Å²) in [5.41, 5.74) is 2.88. The molecular weight excluding hydrogens is 236 g/mol. The van der Waals surface area contributed by atoms with E-state index in [0.29, 0.717) is 0 Å². The molecule has 3 rings (SSSR count). The van der Waals surface area contributed by atoms with Crippen molar-refractivity contribution in [1.29, 1.82) is 0 Å². The fourth-order valence-corrected chi connectivity index (χ4v) is 2.14. The molecule has 94 valence electrons. The molecule has 4 heteroatoms. The molecule has 0 radical (unpaired) electrons. The van der Waals surface area contributed by atoms with Gasteiger partial charge in [-0.3, -0.25) is 9.97 Å². The lowest BCUT2D eigenvalue weighted by atomic mass is 10.1. The minimum absolute atomic E-state index is 0.807. The second kappa shape index (κ2) is 5.02. The van der Waals surface area contributed by atoms with E-state index < -0.39 is 0 Å². The van der Waals surface area contributed by atoms with Crippen molar-refractivity contribution >= 4 is 16.7 Å². The zero-order valence-electron chi connectivity index (χ0n) is 10.7. The number of hydrogen-bond acceptors (Lipinski definition) is 4. The Balaban J connectivity index is 2.25. The van der Waals surface area contributed by atoms with E-state index in [1.807, 2.05) is 25.1 Å². The van der Waals surface area contributed by atoms with Crippen molar-refractivity contribution in [2.75, 3.05) is 11.9 Å². The predicted octanol–water partition coefficient (Wildman–Crippen LogP) is 3.12. The van der Waals surface area contributed by atoms with Crippen molar-refractivity contribution in [3.05, 3.63) is 48.9 Å². The van der Waals surface area contributed by atoms with E-state index >= 15 is 0 Å². The van der Waals surface area contributed by atoms with Crippen molar-refractivity contribution in [2.24, 2.45) is 0 Å². The standard InChI is InChI=1S/C15H14N4/c1-2-16-15-14(18-9-10-19-15)12-5-3-7-13-11(12)6-4-8-17-13/h3-10H,2H2,1H3,(H,16,19). The summed E-state index contributed by atoms with van der Waals surface area (Å²) in [6.07, 6.45) is 5.21. The number of nitrogens with zero attached hydrogens (tertiary/aromatic N) is 3. The summed E-state index contributed by atoms with van der Waals surface area (Å²) in [4.78, 5) is 13.2. The number of anilines is 1. The molecule has 0 amide bonds. The molecule has 1 N–H and O–H groups in total. The van der Waals surface area contributed by atoms with Crippen molar-refractivity contribution in [3.63, 3.8) is 0 Å². The molecule has 0 unspecified atom stereocenters. The van der Waals surface area contributed by atoms with Crippen LogP contribution in [0.15, 0.2) is 48.9 Å². The Hall–Kier alpha value is -2.49. The van der Waals surface area contributed by atoms with Crippen LogP contribution in [0.1, 0.15) is 6.92 Å². The Morgan fingerprint density at radius 2 is 1.84 bits per heavy atom. The van der Waals surface area contributed by atoms with Gasteiger partial charge < -0.3 is 5.32 Å². The smallest absolute Gasteiger partial charge is 0.152 e. The third-order valence-electron chi connectivity index (χ3n) is 2.94. The highest BCUT2D eigenvalue weighted by molar-refractivity contribution is 5.95. The van der Waals surface area contributed by atoms with Gasteiger partial charge in [0.05, 0.1) is 5.52 Å². The number of aromatic nitrogens is 3. The molecule has 0 bridgehead atoms. The summed E-state index contributed by atoms with van der Waals surface area (Å²) in [5, 5.41) is 4.33. The molecule has 0 spiro atoms. The predicted molar refractivity (Wildman–Crippen MR) is 76.9 cm³/mol. The monoisotopic (exact) mass is 250 g/mol. The maximum atomic E-state index is 4.46. The average molecular weight is 250 g/mol. The first-order chi connectivity index (χ1) is 9.40. The van der Waals surface area contributed by atoms with Gasteiger partial charge in [0.1, 0.15) is 5.69 Å². The molecule has 0 aliphatic carbocycles. The highest BCUT2D eigenvalue weighted by Crippen LogP contribution is 2.29.